The summed E-state index contributed by atoms with van der Waals surface area (Å²) in [7, 11) is -3.44. The largest absolute Gasteiger partial charge is 0.396 e. The minimum atomic E-state index is -3.44. The smallest absolute Gasteiger partial charge is 0.276 e. The van der Waals surface area contributed by atoms with Gasteiger partial charge >= 0.3 is 0 Å². The van der Waals surface area contributed by atoms with Crippen molar-refractivity contribution in [3.8, 4) is 0 Å². The molecule has 0 spiro atoms. The van der Waals surface area contributed by atoms with Crippen molar-refractivity contribution in [2.24, 2.45) is 5.41 Å². The average Bonchev–Trinajstić information content (AvgIpc) is 2.35. The zero-order valence-electron chi connectivity index (χ0n) is 10.2. The molecule has 0 aliphatic carbocycles. The van der Waals surface area contributed by atoms with Crippen molar-refractivity contribution in [2.45, 2.75) is 26.2 Å². The second kappa shape index (κ2) is 6.65. The summed E-state index contributed by atoms with van der Waals surface area (Å²) in [6, 6.07) is 0. The van der Waals surface area contributed by atoms with Crippen LogP contribution >= 0.6 is 0 Å². The first kappa shape index (κ1) is 14.8. The Morgan fingerprint density at radius 1 is 1.29 bits per heavy atom. The number of nitrogens with one attached hydrogen (secondary N) is 2. The molecule has 7 heteroatoms. The molecule has 0 aromatic carbocycles. The number of aliphatic hydroxyl groups is 1. The molecule has 0 saturated carbocycles. The Morgan fingerprint density at radius 2 is 1.94 bits per heavy atom. The summed E-state index contributed by atoms with van der Waals surface area (Å²) in [5.74, 6) is 0. The van der Waals surface area contributed by atoms with E-state index in [0.717, 1.165) is 6.42 Å². The van der Waals surface area contributed by atoms with Gasteiger partial charge in [0.15, 0.2) is 0 Å². The normalized spacial score (nSPS) is 20.4. The Bertz CT molecular complexity index is 312. The minimum absolute atomic E-state index is 0.0212. The predicted molar refractivity (Wildman–Crippen MR) is 64.8 cm³/mol. The fourth-order valence-electron chi connectivity index (χ4n) is 1.73. The molecule has 0 unspecified atom stereocenters. The van der Waals surface area contributed by atoms with Gasteiger partial charge in [0.1, 0.15) is 0 Å². The molecule has 6 nitrogen and oxygen atoms in total. The van der Waals surface area contributed by atoms with E-state index in [1.807, 2.05) is 6.92 Å². The average molecular weight is 266 g/mol. The molecule has 1 aliphatic rings. The Labute approximate surface area is 103 Å². The summed E-state index contributed by atoms with van der Waals surface area (Å²) in [5, 5.41) is 9.40. The van der Waals surface area contributed by atoms with E-state index in [2.05, 4.69) is 9.44 Å². The molecular formula is C10H22N2O4S. The van der Waals surface area contributed by atoms with E-state index < -0.39 is 10.2 Å². The van der Waals surface area contributed by atoms with Crippen molar-refractivity contribution in [3.63, 3.8) is 0 Å². The van der Waals surface area contributed by atoms with Gasteiger partial charge in [0, 0.05) is 31.7 Å². The molecule has 1 heterocycles. The highest BCUT2D eigenvalue weighted by molar-refractivity contribution is 7.87. The standard InChI is InChI=1S/C10H22N2O4S/c1-2-5-11-17(14,15)12-8-10(9-13)3-6-16-7-4-10/h11-13H,2-9H2,1H3. The van der Waals surface area contributed by atoms with E-state index in [1.54, 1.807) is 0 Å². The fraction of sp³-hybridized carbons (Fsp3) is 1.00. The second-order valence-electron chi connectivity index (χ2n) is 4.49. The highest BCUT2D eigenvalue weighted by Crippen LogP contribution is 2.29. The fourth-order valence-corrected chi connectivity index (χ4v) is 2.80. The van der Waals surface area contributed by atoms with E-state index in [9.17, 15) is 13.5 Å². The lowest BCUT2D eigenvalue weighted by Crippen LogP contribution is -2.47. The van der Waals surface area contributed by atoms with E-state index in [0.29, 0.717) is 32.6 Å². The Balaban J connectivity index is 2.46. The van der Waals surface area contributed by atoms with Gasteiger partial charge in [-0.15, -0.1) is 0 Å². The van der Waals surface area contributed by atoms with E-state index in [1.165, 1.54) is 0 Å². The molecule has 102 valence electrons. The molecule has 1 aliphatic heterocycles. The lowest BCUT2D eigenvalue weighted by molar-refractivity contribution is -0.0127. The molecule has 3 N–H and O–H groups in total. The molecule has 1 rings (SSSR count). The van der Waals surface area contributed by atoms with Crippen molar-refractivity contribution in [2.75, 3.05) is 32.9 Å². The predicted octanol–water partition coefficient (Wildman–Crippen LogP) is -0.390. The van der Waals surface area contributed by atoms with Gasteiger partial charge in [-0.2, -0.15) is 8.42 Å². The molecule has 0 radical (unpaired) electrons. The molecule has 1 fully saturated rings. The van der Waals surface area contributed by atoms with Crippen LogP contribution in [-0.2, 0) is 14.9 Å². The Morgan fingerprint density at radius 3 is 2.47 bits per heavy atom. The first-order valence-electron chi connectivity index (χ1n) is 5.96. The van der Waals surface area contributed by atoms with Gasteiger partial charge in [-0.25, -0.2) is 9.44 Å². The van der Waals surface area contributed by atoms with Crippen molar-refractivity contribution in [1.29, 1.82) is 0 Å². The molecule has 0 aromatic heterocycles. The van der Waals surface area contributed by atoms with E-state index >= 15 is 0 Å². The van der Waals surface area contributed by atoms with E-state index in [4.69, 9.17) is 4.74 Å². The minimum Gasteiger partial charge on any atom is -0.396 e. The number of aliphatic hydroxyl groups excluding tert-OH is 1. The maximum atomic E-state index is 11.6. The van der Waals surface area contributed by atoms with Gasteiger partial charge in [0.2, 0.25) is 0 Å². The third-order valence-corrected chi connectivity index (χ3v) is 4.18. The number of ether oxygens (including phenoxy) is 1. The summed E-state index contributed by atoms with van der Waals surface area (Å²) in [6.45, 7) is 3.70. The van der Waals surface area contributed by atoms with Gasteiger partial charge in [-0.3, -0.25) is 0 Å². The van der Waals surface area contributed by atoms with Crippen LogP contribution in [0.1, 0.15) is 26.2 Å². The summed E-state index contributed by atoms with van der Waals surface area (Å²) < 4.78 is 33.3. The van der Waals surface area contributed by atoms with Crippen molar-refractivity contribution in [3.05, 3.63) is 0 Å². The lowest BCUT2D eigenvalue weighted by Gasteiger charge is -2.35. The number of hydrogen-bond acceptors (Lipinski definition) is 4. The zero-order valence-corrected chi connectivity index (χ0v) is 11.1. The maximum Gasteiger partial charge on any atom is 0.276 e. The van der Waals surface area contributed by atoms with Crippen LogP contribution in [0, 0.1) is 5.41 Å². The summed E-state index contributed by atoms with van der Waals surface area (Å²) >= 11 is 0. The van der Waals surface area contributed by atoms with Gasteiger partial charge in [-0.1, -0.05) is 6.92 Å². The number of rotatable bonds is 7. The van der Waals surface area contributed by atoms with Crippen LogP contribution < -0.4 is 9.44 Å². The van der Waals surface area contributed by atoms with Crippen molar-refractivity contribution in [1.82, 2.24) is 9.44 Å². The van der Waals surface area contributed by atoms with Crippen LogP contribution in [0.2, 0.25) is 0 Å². The summed E-state index contributed by atoms with van der Waals surface area (Å²) in [6.07, 6.45) is 2.11. The van der Waals surface area contributed by atoms with Crippen molar-refractivity contribution < 1.29 is 18.3 Å². The molecule has 0 amide bonds. The maximum absolute atomic E-state index is 11.6. The monoisotopic (exact) mass is 266 g/mol. The van der Waals surface area contributed by atoms with Crippen LogP contribution in [0.4, 0.5) is 0 Å². The highest BCUT2D eigenvalue weighted by atomic mass is 32.2. The first-order chi connectivity index (χ1) is 8.04. The van der Waals surface area contributed by atoms with Crippen LogP contribution in [0.15, 0.2) is 0 Å². The van der Waals surface area contributed by atoms with Crippen LogP contribution in [0.3, 0.4) is 0 Å². The highest BCUT2D eigenvalue weighted by Gasteiger charge is 2.33. The second-order valence-corrected chi connectivity index (χ2v) is 6.07. The molecule has 17 heavy (non-hydrogen) atoms. The quantitative estimate of drug-likeness (QED) is 0.585. The van der Waals surface area contributed by atoms with Gasteiger partial charge in [0.05, 0.1) is 6.61 Å². The topological polar surface area (TPSA) is 87.7 Å². The molecule has 1 saturated heterocycles. The molecule has 0 bridgehead atoms. The molecule has 0 aromatic rings. The molecular weight excluding hydrogens is 244 g/mol. The Hall–Kier alpha value is -0.210. The Kier molecular flexibility index (Phi) is 5.81. The van der Waals surface area contributed by atoms with Crippen molar-refractivity contribution >= 4 is 10.2 Å². The third-order valence-electron chi connectivity index (χ3n) is 3.07. The first-order valence-corrected chi connectivity index (χ1v) is 7.45. The zero-order chi connectivity index (χ0) is 12.8. The van der Waals surface area contributed by atoms with Crippen LogP contribution in [0.5, 0.6) is 0 Å². The van der Waals surface area contributed by atoms with Crippen LogP contribution in [0.25, 0.3) is 0 Å². The van der Waals surface area contributed by atoms with Gasteiger partial charge in [-0.05, 0) is 19.3 Å². The van der Waals surface area contributed by atoms with Gasteiger partial charge in [0.25, 0.3) is 10.2 Å². The SMILES string of the molecule is CCCNS(=O)(=O)NCC1(CO)CCOCC1. The summed E-state index contributed by atoms with van der Waals surface area (Å²) in [4.78, 5) is 0. The third kappa shape index (κ3) is 4.89. The van der Waals surface area contributed by atoms with Crippen LogP contribution in [-0.4, -0.2) is 46.4 Å². The summed E-state index contributed by atoms with van der Waals surface area (Å²) in [5.41, 5.74) is -0.376. The molecule has 0 atom stereocenters. The van der Waals surface area contributed by atoms with Gasteiger partial charge < -0.3 is 9.84 Å². The number of hydrogen-bond donors (Lipinski definition) is 3. The van der Waals surface area contributed by atoms with E-state index in [-0.39, 0.29) is 18.6 Å². The lowest BCUT2D eigenvalue weighted by atomic mass is 9.81.